The van der Waals surface area contributed by atoms with Crippen LogP contribution >= 0.6 is 0 Å². The standard InChI is InChI=1S/C42H41N3O5S/c1-42(2,3)51(48)45-27-33-26-35(41(47)43-34-19-17-31(18-20-34)30-11-7-6-8-12-30)44-40(39(33)36(45)22-23-46)32-13-9-10-28(24-32)14-15-29-16-21-37(49-4)38(25-29)50-5/h6-13,16-21,24-26,36,46H,22-23,27H2,1-5H3,(H,43,47)/t36-,51-/m1/s1. The molecule has 2 atom stereocenters. The number of rotatable bonds is 9. The fraction of sp³-hybridized carbons (Fsp3) is 0.238. The number of benzene rings is 4. The lowest BCUT2D eigenvalue weighted by Crippen LogP contribution is -2.36. The highest BCUT2D eigenvalue weighted by molar-refractivity contribution is 7.84. The summed E-state index contributed by atoms with van der Waals surface area (Å²) in [5.74, 6) is 7.31. The van der Waals surface area contributed by atoms with E-state index >= 15 is 0 Å². The summed E-state index contributed by atoms with van der Waals surface area (Å²) >= 11 is 0. The third-order valence-electron chi connectivity index (χ3n) is 8.64. The lowest BCUT2D eigenvalue weighted by molar-refractivity contribution is 0.102. The van der Waals surface area contributed by atoms with E-state index in [1.165, 1.54) is 0 Å². The molecule has 0 bridgehead atoms. The van der Waals surface area contributed by atoms with Gasteiger partial charge in [-0.15, -0.1) is 0 Å². The third kappa shape index (κ3) is 7.89. The largest absolute Gasteiger partial charge is 0.493 e. The number of carbonyl (C=O) groups is 1. The summed E-state index contributed by atoms with van der Waals surface area (Å²) < 4.78 is 26.0. The summed E-state index contributed by atoms with van der Waals surface area (Å²) in [7, 11) is 1.79. The summed E-state index contributed by atoms with van der Waals surface area (Å²) in [6.45, 7) is 6.06. The van der Waals surface area contributed by atoms with Crippen LogP contribution in [0.2, 0.25) is 0 Å². The summed E-state index contributed by atoms with van der Waals surface area (Å²) in [5.41, 5.74) is 7.59. The third-order valence-corrected chi connectivity index (χ3v) is 10.5. The molecule has 8 nitrogen and oxygen atoms in total. The van der Waals surface area contributed by atoms with Crippen molar-refractivity contribution in [3.63, 3.8) is 0 Å². The molecule has 1 aliphatic rings. The number of carbonyl (C=O) groups excluding carboxylic acids is 1. The van der Waals surface area contributed by atoms with Gasteiger partial charge in [-0.1, -0.05) is 66.4 Å². The molecule has 1 aliphatic heterocycles. The maximum atomic E-state index is 13.8. The topological polar surface area (TPSA) is 101 Å². The molecule has 5 aromatic rings. The van der Waals surface area contributed by atoms with Crippen molar-refractivity contribution >= 4 is 22.6 Å². The first kappa shape index (κ1) is 35.6. The van der Waals surface area contributed by atoms with Gasteiger partial charge in [-0.3, -0.25) is 4.79 Å². The van der Waals surface area contributed by atoms with Crippen LogP contribution in [0.15, 0.2) is 103 Å². The highest BCUT2D eigenvalue weighted by atomic mass is 32.2. The van der Waals surface area contributed by atoms with Crippen LogP contribution in [0.5, 0.6) is 11.5 Å². The van der Waals surface area contributed by atoms with E-state index in [1.54, 1.807) is 20.3 Å². The molecular formula is C42H41N3O5S. The number of aromatic nitrogens is 1. The van der Waals surface area contributed by atoms with Crippen LogP contribution in [0, 0.1) is 11.8 Å². The average molecular weight is 700 g/mol. The highest BCUT2D eigenvalue weighted by Crippen LogP contribution is 2.44. The van der Waals surface area contributed by atoms with Gasteiger partial charge in [0.15, 0.2) is 11.5 Å². The van der Waals surface area contributed by atoms with Gasteiger partial charge in [0.05, 0.1) is 30.7 Å². The van der Waals surface area contributed by atoms with Crippen molar-refractivity contribution in [2.45, 2.75) is 44.5 Å². The minimum Gasteiger partial charge on any atom is -0.493 e. The van der Waals surface area contributed by atoms with E-state index in [0.29, 0.717) is 35.8 Å². The van der Waals surface area contributed by atoms with Crippen LogP contribution in [0.1, 0.15) is 66.0 Å². The molecular weight excluding hydrogens is 659 g/mol. The van der Waals surface area contributed by atoms with Crippen molar-refractivity contribution in [1.29, 1.82) is 0 Å². The Morgan fingerprint density at radius 2 is 1.53 bits per heavy atom. The van der Waals surface area contributed by atoms with Crippen LogP contribution in [0.25, 0.3) is 22.4 Å². The van der Waals surface area contributed by atoms with Crippen LogP contribution in [0.4, 0.5) is 5.69 Å². The Bertz CT molecular complexity index is 2130. The first-order valence-electron chi connectivity index (χ1n) is 16.7. The zero-order valence-corrected chi connectivity index (χ0v) is 30.2. The number of nitrogens with one attached hydrogen (secondary N) is 1. The van der Waals surface area contributed by atoms with Crippen LogP contribution in [-0.2, 0) is 17.5 Å². The second-order valence-corrected chi connectivity index (χ2v) is 15.4. The van der Waals surface area contributed by atoms with Gasteiger partial charge in [-0.25, -0.2) is 13.5 Å². The molecule has 2 heterocycles. The number of amides is 1. The van der Waals surface area contributed by atoms with Crippen molar-refractivity contribution in [3.05, 3.63) is 131 Å². The Hall–Kier alpha value is -5.27. The number of anilines is 1. The molecule has 2 N–H and O–H groups in total. The predicted octanol–water partition coefficient (Wildman–Crippen LogP) is 7.79. The smallest absolute Gasteiger partial charge is 0.274 e. The van der Waals surface area contributed by atoms with Gasteiger partial charge < -0.3 is 19.9 Å². The molecule has 51 heavy (non-hydrogen) atoms. The molecule has 0 radical (unpaired) electrons. The minimum absolute atomic E-state index is 0.0978. The molecule has 9 heteroatoms. The van der Waals surface area contributed by atoms with Gasteiger partial charge in [0.2, 0.25) is 0 Å². The molecule has 4 aromatic carbocycles. The Morgan fingerprint density at radius 1 is 0.863 bits per heavy atom. The molecule has 0 fully saturated rings. The number of fused-ring (bicyclic) bond motifs is 1. The lowest BCUT2D eigenvalue weighted by atomic mass is 9.95. The number of pyridine rings is 1. The second kappa shape index (κ2) is 15.3. The molecule has 1 amide bonds. The van der Waals surface area contributed by atoms with Gasteiger partial charge in [-0.2, -0.15) is 0 Å². The number of ether oxygens (including phenoxy) is 2. The number of hydrogen-bond acceptors (Lipinski definition) is 6. The van der Waals surface area contributed by atoms with Gasteiger partial charge in [0.25, 0.3) is 5.91 Å². The Balaban J connectivity index is 1.39. The number of aliphatic hydroxyl groups excluding tert-OH is 1. The van der Waals surface area contributed by atoms with Crippen LogP contribution in [0.3, 0.4) is 0 Å². The van der Waals surface area contributed by atoms with Crippen LogP contribution < -0.4 is 14.8 Å². The first-order valence-corrected chi connectivity index (χ1v) is 17.8. The van der Waals surface area contributed by atoms with E-state index < -0.39 is 15.7 Å². The maximum Gasteiger partial charge on any atom is 0.274 e. The molecule has 6 rings (SSSR count). The van der Waals surface area contributed by atoms with Crippen molar-refractivity contribution in [1.82, 2.24) is 9.29 Å². The second-order valence-electron chi connectivity index (χ2n) is 13.2. The number of hydrogen-bond donors (Lipinski definition) is 2. The summed E-state index contributed by atoms with van der Waals surface area (Å²) in [6.07, 6.45) is 0.363. The molecule has 0 aliphatic carbocycles. The molecule has 1 aromatic heterocycles. The quantitative estimate of drug-likeness (QED) is 0.153. The zero-order chi connectivity index (χ0) is 36.1. The molecule has 0 saturated heterocycles. The predicted molar refractivity (Wildman–Crippen MR) is 203 cm³/mol. The molecule has 0 spiro atoms. The number of nitrogens with zero attached hydrogens (tertiary/aromatic N) is 2. The molecule has 0 saturated carbocycles. The number of aliphatic hydroxyl groups is 1. The first-order chi connectivity index (χ1) is 24.6. The molecule has 260 valence electrons. The van der Waals surface area contributed by atoms with E-state index in [0.717, 1.165) is 38.9 Å². The monoisotopic (exact) mass is 699 g/mol. The fourth-order valence-corrected chi connectivity index (χ4v) is 7.58. The van der Waals surface area contributed by atoms with Crippen molar-refractivity contribution < 1.29 is 23.6 Å². The highest BCUT2D eigenvalue weighted by Gasteiger charge is 2.40. The fourth-order valence-electron chi connectivity index (χ4n) is 6.18. The van der Waals surface area contributed by atoms with Crippen molar-refractivity contribution in [3.8, 4) is 45.7 Å². The van der Waals surface area contributed by atoms with E-state index in [2.05, 4.69) is 17.2 Å². The van der Waals surface area contributed by atoms with Crippen LogP contribution in [-0.4, -0.2) is 50.1 Å². The van der Waals surface area contributed by atoms with E-state index in [1.807, 2.05) is 122 Å². The zero-order valence-electron chi connectivity index (χ0n) is 29.4. The summed E-state index contributed by atoms with van der Waals surface area (Å²) in [5, 5.41) is 13.2. The lowest BCUT2D eigenvalue weighted by Gasteiger charge is -2.30. The van der Waals surface area contributed by atoms with Gasteiger partial charge >= 0.3 is 0 Å². The van der Waals surface area contributed by atoms with Crippen molar-refractivity contribution in [2.75, 3.05) is 26.1 Å². The van der Waals surface area contributed by atoms with E-state index in [4.69, 9.17) is 14.5 Å². The summed E-state index contributed by atoms with van der Waals surface area (Å²) in [4.78, 5) is 18.8. The van der Waals surface area contributed by atoms with Gasteiger partial charge in [-0.05, 0) is 92.4 Å². The van der Waals surface area contributed by atoms with Gasteiger partial charge in [0, 0.05) is 41.1 Å². The molecule has 0 unspecified atom stereocenters. The minimum atomic E-state index is -1.38. The van der Waals surface area contributed by atoms with Crippen molar-refractivity contribution in [2.24, 2.45) is 0 Å². The van der Waals surface area contributed by atoms with E-state index in [9.17, 15) is 14.1 Å². The van der Waals surface area contributed by atoms with E-state index in [-0.39, 0.29) is 24.2 Å². The van der Waals surface area contributed by atoms with Gasteiger partial charge in [0.1, 0.15) is 16.7 Å². The SMILES string of the molecule is COc1ccc(C#Cc2cccc(-c3nc(C(=O)Nc4ccc(-c5ccccc5)cc4)cc4c3[C@@H](CCO)N([S@](=O)C(C)(C)C)C4)c2)cc1OC. The maximum absolute atomic E-state index is 13.8. The Labute approximate surface area is 302 Å². The Morgan fingerprint density at radius 3 is 2.20 bits per heavy atom. The normalized spacial score (nSPS) is 14.6. The summed E-state index contributed by atoms with van der Waals surface area (Å²) in [6, 6.07) is 32.4. The Kier molecular flexibility index (Phi) is 10.7. The average Bonchev–Trinajstić information content (AvgIpc) is 3.51. The number of methoxy groups -OCH3 is 2.